The monoisotopic (exact) mass is 519 g/mol. The fourth-order valence-corrected chi connectivity index (χ4v) is 4.34. The summed E-state index contributed by atoms with van der Waals surface area (Å²) in [6.07, 6.45) is 1.32. The van der Waals surface area contributed by atoms with Crippen LogP contribution in [0.1, 0.15) is 43.7 Å². The van der Waals surface area contributed by atoms with Crippen LogP contribution in [0.15, 0.2) is 59.1 Å². The lowest BCUT2D eigenvalue weighted by molar-refractivity contribution is -0.133. The van der Waals surface area contributed by atoms with Gasteiger partial charge in [0.25, 0.3) is 0 Å². The number of amides is 2. The normalized spacial score (nSPS) is 14.0. The van der Waals surface area contributed by atoms with Gasteiger partial charge in [0.2, 0.25) is 17.6 Å². The van der Waals surface area contributed by atoms with Crippen LogP contribution in [0.25, 0.3) is 11.4 Å². The summed E-state index contributed by atoms with van der Waals surface area (Å²) in [5.41, 5.74) is 3.10. The Morgan fingerprint density at radius 2 is 1.74 bits per heavy atom. The van der Waals surface area contributed by atoms with Gasteiger partial charge in [-0.15, -0.1) is 0 Å². The first-order valence-corrected chi connectivity index (χ1v) is 13.3. The van der Waals surface area contributed by atoms with E-state index in [0.29, 0.717) is 50.1 Å². The number of nitrogens with one attached hydrogen (secondary N) is 1. The minimum Gasteiger partial charge on any atom is -0.445 e. The summed E-state index contributed by atoms with van der Waals surface area (Å²) in [5, 5.41) is 6.82. The number of carbonyl (C=O) groups excluding carboxylic acids is 2. The SMILES string of the molecule is CC(C)Cc1nc(-c2ccc(CN3CCN(C(=O)CCCNC(=O)OCc4ccccc4)CC3)cc2)no1. The van der Waals surface area contributed by atoms with Crippen LogP contribution in [0, 0.1) is 5.92 Å². The Labute approximate surface area is 224 Å². The molecule has 1 saturated heterocycles. The van der Waals surface area contributed by atoms with Crippen molar-refractivity contribution in [1.82, 2.24) is 25.3 Å². The third-order valence-corrected chi connectivity index (χ3v) is 6.44. The topological polar surface area (TPSA) is 101 Å². The zero-order chi connectivity index (χ0) is 26.7. The van der Waals surface area contributed by atoms with Crippen molar-refractivity contribution < 1.29 is 18.8 Å². The molecule has 2 heterocycles. The number of benzene rings is 2. The molecule has 9 heteroatoms. The summed E-state index contributed by atoms with van der Waals surface area (Å²) in [6, 6.07) is 17.8. The smallest absolute Gasteiger partial charge is 0.407 e. The maximum Gasteiger partial charge on any atom is 0.407 e. The van der Waals surface area contributed by atoms with Gasteiger partial charge in [-0.25, -0.2) is 4.79 Å². The number of alkyl carbamates (subject to hydrolysis) is 1. The summed E-state index contributed by atoms with van der Waals surface area (Å²) in [6.45, 7) is 8.83. The average molecular weight is 520 g/mol. The minimum absolute atomic E-state index is 0.130. The van der Waals surface area contributed by atoms with Crippen molar-refractivity contribution >= 4 is 12.0 Å². The summed E-state index contributed by atoms with van der Waals surface area (Å²) in [7, 11) is 0. The second-order valence-electron chi connectivity index (χ2n) is 10.1. The van der Waals surface area contributed by atoms with E-state index in [1.807, 2.05) is 47.4 Å². The van der Waals surface area contributed by atoms with Crippen molar-refractivity contribution in [3.05, 3.63) is 71.6 Å². The lowest BCUT2D eigenvalue weighted by Crippen LogP contribution is -2.48. The summed E-state index contributed by atoms with van der Waals surface area (Å²) in [5.74, 6) is 1.90. The highest BCUT2D eigenvalue weighted by Crippen LogP contribution is 2.19. The van der Waals surface area contributed by atoms with E-state index in [-0.39, 0.29) is 12.5 Å². The summed E-state index contributed by atoms with van der Waals surface area (Å²) < 4.78 is 10.5. The largest absolute Gasteiger partial charge is 0.445 e. The van der Waals surface area contributed by atoms with Gasteiger partial charge in [-0.2, -0.15) is 4.98 Å². The van der Waals surface area contributed by atoms with E-state index in [1.165, 1.54) is 5.56 Å². The molecule has 3 aromatic rings. The van der Waals surface area contributed by atoms with Gasteiger partial charge < -0.3 is 19.5 Å². The van der Waals surface area contributed by atoms with Gasteiger partial charge in [0.1, 0.15) is 6.61 Å². The first-order chi connectivity index (χ1) is 18.5. The molecule has 1 aliphatic rings. The van der Waals surface area contributed by atoms with Crippen LogP contribution < -0.4 is 5.32 Å². The molecule has 1 N–H and O–H groups in total. The van der Waals surface area contributed by atoms with Crippen molar-refractivity contribution in [3.63, 3.8) is 0 Å². The first-order valence-electron chi connectivity index (χ1n) is 13.3. The van der Waals surface area contributed by atoms with E-state index in [9.17, 15) is 9.59 Å². The van der Waals surface area contributed by atoms with E-state index < -0.39 is 6.09 Å². The number of piperazine rings is 1. The standard InChI is InChI=1S/C29H37N5O4/c1-22(2)19-26-31-28(32-38-26)25-12-10-23(11-13-25)20-33-15-17-34(18-16-33)27(35)9-6-14-30-29(36)37-21-24-7-4-3-5-8-24/h3-5,7-8,10-13,22H,6,9,14-21H2,1-2H3,(H,30,36). The Balaban J connectivity index is 1.11. The second-order valence-corrected chi connectivity index (χ2v) is 10.1. The maximum absolute atomic E-state index is 12.6. The highest BCUT2D eigenvalue weighted by molar-refractivity contribution is 5.76. The van der Waals surface area contributed by atoms with Crippen LogP contribution >= 0.6 is 0 Å². The van der Waals surface area contributed by atoms with Gasteiger partial charge in [-0.05, 0) is 23.5 Å². The molecule has 0 unspecified atom stereocenters. The Bertz CT molecular complexity index is 1160. The lowest BCUT2D eigenvalue weighted by Gasteiger charge is -2.34. The van der Waals surface area contributed by atoms with E-state index in [4.69, 9.17) is 9.26 Å². The number of ether oxygens (including phenoxy) is 1. The average Bonchev–Trinajstić information content (AvgIpc) is 3.39. The van der Waals surface area contributed by atoms with E-state index in [2.05, 4.69) is 46.3 Å². The Kier molecular flexibility index (Phi) is 9.86. The molecule has 0 saturated carbocycles. The summed E-state index contributed by atoms with van der Waals surface area (Å²) in [4.78, 5) is 33.2. The molecule has 38 heavy (non-hydrogen) atoms. The molecule has 2 amide bonds. The van der Waals surface area contributed by atoms with Crippen molar-refractivity contribution in [1.29, 1.82) is 0 Å². The highest BCUT2D eigenvalue weighted by Gasteiger charge is 2.21. The fourth-order valence-electron chi connectivity index (χ4n) is 4.34. The van der Waals surface area contributed by atoms with Gasteiger partial charge in [-0.1, -0.05) is 73.6 Å². The number of hydrogen-bond acceptors (Lipinski definition) is 7. The third kappa shape index (κ3) is 8.41. The molecule has 9 nitrogen and oxygen atoms in total. The molecular weight excluding hydrogens is 482 g/mol. The van der Waals surface area contributed by atoms with Gasteiger partial charge in [-0.3, -0.25) is 9.69 Å². The van der Waals surface area contributed by atoms with Crippen molar-refractivity contribution in [2.75, 3.05) is 32.7 Å². The molecular formula is C29H37N5O4. The van der Waals surface area contributed by atoms with Crippen molar-refractivity contribution in [2.45, 2.75) is 46.3 Å². The number of aromatic nitrogens is 2. The second kappa shape index (κ2) is 13.7. The van der Waals surface area contributed by atoms with E-state index in [0.717, 1.165) is 37.2 Å². The van der Waals surface area contributed by atoms with Gasteiger partial charge in [0.15, 0.2) is 0 Å². The van der Waals surface area contributed by atoms with Gasteiger partial charge in [0.05, 0.1) is 0 Å². The molecule has 0 spiro atoms. The molecule has 4 rings (SSSR count). The van der Waals surface area contributed by atoms with Crippen LogP contribution in [0.4, 0.5) is 4.79 Å². The number of rotatable bonds is 11. The van der Waals surface area contributed by atoms with Crippen LogP contribution in [-0.4, -0.2) is 64.7 Å². The molecule has 0 bridgehead atoms. The lowest BCUT2D eigenvalue weighted by atomic mass is 10.1. The van der Waals surface area contributed by atoms with Crippen LogP contribution in [0.5, 0.6) is 0 Å². The zero-order valence-electron chi connectivity index (χ0n) is 22.3. The quantitative estimate of drug-likeness (QED) is 0.377. The Morgan fingerprint density at radius 1 is 1.00 bits per heavy atom. The number of nitrogens with zero attached hydrogens (tertiary/aromatic N) is 4. The number of hydrogen-bond donors (Lipinski definition) is 1. The zero-order valence-corrected chi connectivity index (χ0v) is 22.3. The number of carbonyl (C=O) groups is 2. The Hall–Kier alpha value is -3.72. The molecule has 1 fully saturated rings. The Morgan fingerprint density at radius 3 is 2.45 bits per heavy atom. The predicted octanol–water partition coefficient (Wildman–Crippen LogP) is 4.29. The van der Waals surface area contributed by atoms with E-state index in [1.54, 1.807) is 0 Å². The van der Waals surface area contributed by atoms with Gasteiger partial charge >= 0.3 is 6.09 Å². The maximum atomic E-state index is 12.6. The molecule has 0 radical (unpaired) electrons. The minimum atomic E-state index is -0.462. The molecule has 0 aliphatic carbocycles. The summed E-state index contributed by atoms with van der Waals surface area (Å²) >= 11 is 0. The van der Waals surface area contributed by atoms with E-state index >= 15 is 0 Å². The molecule has 1 aliphatic heterocycles. The first kappa shape index (κ1) is 27.3. The third-order valence-electron chi connectivity index (χ3n) is 6.44. The van der Waals surface area contributed by atoms with Crippen LogP contribution in [-0.2, 0) is 29.1 Å². The van der Waals surface area contributed by atoms with Gasteiger partial charge in [0, 0.05) is 57.7 Å². The highest BCUT2D eigenvalue weighted by atomic mass is 16.5. The molecule has 1 aromatic heterocycles. The van der Waals surface area contributed by atoms with Crippen LogP contribution in [0.2, 0.25) is 0 Å². The molecule has 202 valence electrons. The van der Waals surface area contributed by atoms with Crippen molar-refractivity contribution in [3.8, 4) is 11.4 Å². The van der Waals surface area contributed by atoms with Crippen LogP contribution in [0.3, 0.4) is 0 Å². The predicted molar refractivity (Wildman–Crippen MR) is 144 cm³/mol. The molecule has 0 atom stereocenters. The molecule has 2 aromatic carbocycles. The van der Waals surface area contributed by atoms with Crippen molar-refractivity contribution in [2.24, 2.45) is 5.92 Å². The fraction of sp³-hybridized carbons (Fsp3) is 0.448.